The summed E-state index contributed by atoms with van der Waals surface area (Å²) in [6, 6.07) is 8.04. The fourth-order valence-corrected chi connectivity index (χ4v) is 2.21. The first kappa shape index (κ1) is 15.0. The third-order valence-corrected chi connectivity index (χ3v) is 3.27. The number of hydrogen-bond donors (Lipinski definition) is 0. The van der Waals surface area contributed by atoms with Gasteiger partial charge in [0.15, 0.2) is 6.29 Å². The molecule has 110 valence electrons. The van der Waals surface area contributed by atoms with Crippen molar-refractivity contribution in [3.05, 3.63) is 35.4 Å². The highest BCUT2D eigenvalue weighted by atomic mass is 16.7. The van der Waals surface area contributed by atoms with Gasteiger partial charge in [-0.3, -0.25) is 4.79 Å². The molecule has 1 unspecified atom stereocenters. The number of hydrogen-bond acceptors (Lipinski definition) is 4. The van der Waals surface area contributed by atoms with Crippen molar-refractivity contribution < 1.29 is 19.0 Å². The third kappa shape index (κ3) is 5.31. The molecule has 0 saturated carbocycles. The van der Waals surface area contributed by atoms with Crippen LogP contribution in [0.1, 0.15) is 37.3 Å². The van der Waals surface area contributed by atoms with Gasteiger partial charge in [0.05, 0.1) is 6.61 Å². The van der Waals surface area contributed by atoms with E-state index in [1.807, 2.05) is 18.2 Å². The first-order valence-corrected chi connectivity index (χ1v) is 7.18. The van der Waals surface area contributed by atoms with Crippen molar-refractivity contribution in [3.8, 4) is 0 Å². The molecule has 0 aromatic heterocycles. The minimum absolute atomic E-state index is 0.0343. The maximum absolute atomic E-state index is 10.8. The van der Waals surface area contributed by atoms with Gasteiger partial charge in [0.2, 0.25) is 0 Å². The average Bonchev–Trinajstić information content (AvgIpc) is 2.47. The zero-order chi connectivity index (χ0) is 14.2. The van der Waals surface area contributed by atoms with Gasteiger partial charge in [-0.05, 0) is 36.8 Å². The van der Waals surface area contributed by atoms with E-state index in [1.54, 1.807) is 0 Å². The summed E-state index contributed by atoms with van der Waals surface area (Å²) in [5.74, 6) is -0.256. The normalized spacial score (nSPS) is 18.8. The Morgan fingerprint density at radius 2 is 2.20 bits per heavy atom. The molecule has 1 fully saturated rings. The molecule has 2 rings (SSSR count). The van der Waals surface area contributed by atoms with Gasteiger partial charge in [-0.15, -0.1) is 0 Å². The van der Waals surface area contributed by atoms with Gasteiger partial charge in [-0.2, -0.15) is 0 Å². The smallest absolute Gasteiger partial charge is 0.302 e. The number of carbonyl (C=O) groups excluding carboxylic acids is 1. The second kappa shape index (κ2) is 8.02. The highest BCUT2D eigenvalue weighted by Gasteiger charge is 2.13. The Labute approximate surface area is 120 Å². The SMILES string of the molecule is CC(=O)OCc1cccc(CCOC2CCCCO2)c1. The van der Waals surface area contributed by atoms with Crippen molar-refractivity contribution in [2.45, 2.75) is 45.5 Å². The molecule has 0 aliphatic carbocycles. The molecule has 0 spiro atoms. The van der Waals surface area contributed by atoms with Crippen molar-refractivity contribution in [2.75, 3.05) is 13.2 Å². The van der Waals surface area contributed by atoms with Gasteiger partial charge in [-0.25, -0.2) is 0 Å². The first-order chi connectivity index (χ1) is 9.74. The minimum Gasteiger partial charge on any atom is -0.461 e. The van der Waals surface area contributed by atoms with E-state index in [-0.39, 0.29) is 12.3 Å². The third-order valence-electron chi connectivity index (χ3n) is 3.27. The summed E-state index contributed by atoms with van der Waals surface area (Å²) in [5, 5.41) is 0. The maximum Gasteiger partial charge on any atom is 0.302 e. The number of ether oxygens (including phenoxy) is 3. The topological polar surface area (TPSA) is 44.8 Å². The van der Waals surface area contributed by atoms with Crippen LogP contribution in [0.2, 0.25) is 0 Å². The van der Waals surface area contributed by atoms with E-state index in [0.717, 1.165) is 31.4 Å². The van der Waals surface area contributed by atoms with Crippen LogP contribution in [0.3, 0.4) is 0 Å². The van der Waals surface area contributed by atoms with Crippen LogP contribution in [0, 0.1) is 0 Å². The Kier molecular flexibility index (Phi) is 6.02. The lowest BCUT2D eigenvalue weighted by molar-refractivity contribution is -0.161. The molecule has 1 saturated heterocycles. The highest BCUT2D eigenvalue weighted by Crippen LogP contribution is 2.14. The Morgan fingerprint density at radius 1 is 1.35 bits per heavy atom. The largest absolute Gasteiger partial charge is 0.461 e. The zero-order valence-corrected chi connectivity index (χ0v) is 12.0. The van der Waals surface area contributed by atoms with Crippen LogP contribution in [-0.4, -0.2) is 25.5 Å². The summed E-state index contributed by atoms with van der Waals surface area (Å²) in [5.41, 5.74) is 2.19. The first-order valence-electron chi connectivity index (χ1n) is 7.18. The molecule has 1 atom stereocenters. The van der Waals surface area contributed by atoms with Crippen molar-refractivity contribution in [1.82, 2.24) is 0 Å². The molecule has 0 amide bonds. The van der Waals surface area contributed by atoms with Crippen LogP contribution in [0.4, 0.5) is 0 Å². The Balaban J connectivity index is 1.74. The second-order valence-electron chi connectivity index (χ2n) is 5.02. The quantitative estimate of drug-likeness (QED) is 0.751. The predicted octanol–water partition coefficient (Wildman–Crippen LogP) is 2.84. The molecule has 1 aromatic carbocycles. The molecule has 4 heteroatoms. The zero-order valence-electron chi connectivity index (χ0n) is 12.0. The van der Waals surface area contributed by atoms with E-state index < -0.39 is 0 Å². The maximum atomic E-state index is 10.8. The van der Waals surface area contributed by atoms with Crippen LogP contribution in [-0.2, 0) is 32.0 Å². The number of rotatable bonds is 6. The average molecular weight is 278 g/mol. The minimum atomic E-state index is -0.256. The monoisotopic (exact) mass is 278 g/mol. The van der Waals surface area contributed by atoms with Crippen LogP contribution in [0.15, 0.2) is 24.3 Å². The van der Waals surface area contributed by atoms with Gasteiger partial charge in [0, 0.05) is 13.5 Å². The highest BCUT2D eigenvalue weighted by molar-refractivity contribution is 5.65. The molecule has 1 heterocycles. The van der Waals surface area contributed by atoms with Crippen molar-refractivity contribution in [3.63, 3.8) is 0 Å². The van der Waals surface area contributed by atoms with E-state index >= 15 is 0 Å². The standard InChI is InChI=1S/C16H22O4/c1-13(17)20-12-15-6-4-5-14(11-15)8-10-19-16-7-2-3-9-18-16/h4-6,11,16H,2-3,7-10,12H2,1H3. The van der Waals surface area contributed by atoms with E-state index in [2.05, 4.69) is 6.07 Å². The number of esters is 1. The Hall–Kier alpha value is -1.39. The van der Waals surface area contributed by atoms with Gasteiger partial charge < -0.3 is 14.2 Å². The molecule has 1 aliphatic rings. The summed E-state index contributed by atoms with van der Waals surface area (Å²) in [7, 11) is 0. The van der Waals surface area contributed by atoms with E-state index in [0.29, 0.717) is 13.2 Å². The van der Waals surface area contributed by atoms with Crippen LogP contribution < -0.4 is 0 Å². The Morgan fingerprint density at radius 3 is 2.95 bits per heavy atom. The Bertz CT molecular complexity index is 424. The van der Waals surface area contributed by atoms with Crippen molar-refractivity contribution in [2.24, 2.45) is 0 Å². The van der Waals surface area contributed by atoms with E-state index in [4.69, 9.17) is 14.2 Å². The van der Waals surface area contributed by atoms with Gasteiger partial charge in [-0.1, -0.05) is 24.3 Å². The van der Waals surface area contributed by atoms with Crippen LogP contribution in [0.25, 0.3) is 0 Å². The molecule has 0 radical (unpaired) electrons. The van der Waals surface area contributed by atoms with Crippen molar-refractivity contribution >= 4 is 5.97 Å². The summed E-state index contributed by atoms with van der Waals surface area (Å²) < 4.78 is 16.2. The van der Waals surface area contributed by atoms with Gasteiger partial charge in [0.1, 0.15) is 6.61 Å². The molecule has 0 N–H and O–H groups in total. The summed E-state index contributed by atoms with van der Waals surface area (Å²) in [4.78, 5) is 10.8. The molecular weight excluding hydrogens is 256 g/mol. The van der Waals surface area contributed by atoms with Crippen LogP contribution >= 0.6 is 0 Å². The van der Waals surface area contributed by atoms with E-state index in [9.17, 15) is 4.79 Å². The lowest BCUT2D eigenvalue weighted by Gasteiger charge is -2.22. The molecule has 1 aromatic rings. The fraction of sp³-hybridized carbons (Fsp3) is 0.562. The molecule has 0 bridgehead atoms. The number of carbonyl (C=O) groups is 1. The van der Waals surface area contributed by atoms with Crippen molar-refractivity contribution in [1.29, 1.82) is 0 Å². The number of benzene rings is 1. The summed E-state index contributed by atoms with van der Waals surface area (Å²) >= 11 is 0. The molecule has 4 nitrogen and oxygen atoms in total. The lowest BCUT2D eigenvalue weighted by atomic mass is 10.1. The van der Waals surface area contributed by atoms with Gasteiger partial charge in [0.25, 0.3) is 0 Å². The van der Waals surface area contributed by atoms with E-state index in [1.165, 1.54) is 18.9 Å². The second-order valence-corrected chi connectivity index (χ2v) is 5.02. The fourth-order valence-electron chi connectivity index (χ4n) is 2.21. The molecule has 20 heavy (non-hydrogen) atoms. The molecule has 1 aliphatic heterocycles. The molecular formula is C16H22O4. The predicted molar refractivity (Wildman–Crippen MR) is 75.2 cm³/mol. The summed E-state index contributed by atoms with van der Waals surface area (Å²) in [6.07, 6.45) is 4.12. The lowest BCUT2D eigenvalue weighted by Crippen LogP contribution is -2.23. The summed E-state index contributed by atoms with van der Waals surface area (Å²) in [6.45, 7) is 3.21. The van der Waals surface area contributed by atoms with Gasteiger partial charge >= 0.3 is 5.97 Å². The van der Waals surface area contributed by atoms with Crippen LogP contribution in [0.5, 0.6) is 0 Å².